The number of esters is 1. The second-order valence-corrected chi connectivity index (χ2v) is 2.67. The van der Waals surface area contributed by atoms with E-state index in [0.717, 1.165) is 0 Å². The van der Waals surface area contributed by atoms with Crippen molar-refractivity contribution in [2.45, 2.75) is 25.7 Å². The van der Waals surface area contributed by atoms with Gasteiger partial charge in [-0.15, -0.1) is 0 Å². The fourth-order valence-corrected chi connectivity index (χ4v) is 0.528. The van der Waals surface area contributed by atoms with Crippen LogP contribution in [-0.2, 0) is 9.53 Å². The van der Waals surface area contributed by atoms with Gasteiger partial charge in [0.05, 0.1) is 0 Å². The Morgan fingerprint density at radius 2 is 1.86 bits per heavy atom. The Kier molecular flexibility index (Phi) is 5.19. The van der Waals surface area contributed by atoms with Crippen LogP contribution in [0.25, 0.3) is 0 Å². The first kappa shape index (κ1) is 12.9. The van der Waals surface area contributed by atoms with Crippen molar-refractivity contribution in [1.82, 2.24) is 0 Å². The average molecular weight is 214 g/mol. The van der Waals surface area contributed by atoms with Gasteiger partial charge in [-0.05, 0) is 6.92 Å². The Morgan fingerprint density at radius 3 is 2.21 bits per heavy atom. The van der Waals surface area contributed by atoms with Crippen LogP contribution in [0, 0.1) is 0 Å². The Morgan fingerprint density at radius 1 is 1.36 bits per heavy atom. The highest BCUT2D eigenvalue weighted by Gasteiger charge is 2.30. The topological polar surface area (TPSA) is 26.3 Å². The van der Waals surface area contributed by atoms with E-state index in [4.69, 9.17) is 0 Å². The first-order chi connectivity index (χ1) is 6.36. The molecule has 0 aromatic heterocycles. The lowest BCUT2D eigenvalue weighted by atomic mass is 10.2. The van der Waals surface area contributed by atoms with Crippen molar-refractivity contribution < 1.29 is 27.1 Å². The van der Waals surface area contributed by atoms with Crippen LogP contribution in [0.5, 0.6) is 0 Å². The second-order valence-electron chi connectivity index (χ2n) is 2.67. The zero-order valence-corrected chi connectivity index (χ0v) is 7.47. The fourth-order valence-electron chi connectivity index (χ4n) is 0.528. The van der Waals surface area contributed by atoms with Crippen molar-refractivity contribution in [1.29, 1.82) is 0 Å². The monoisotopic (exact) mass is 214 g/mol. The van der Waals surface area contributed by atoms with Crippen molar-refractivity contribution in [2.24, 2.45) is 0 Å². The van der Waals surface area contributed by atoms with Crippen molar-refractivity contribution in [3.63, 3.8) is 0 Å². The molecule has 14 heavy (non-hydrogen) atoms. The summed E-state index contributed by atoms with van der Waals surface area (Å²) >= 11 is 0. The van der Waals surface area contributed by atoms with Crippen LogP contribution in [-0.4, -0.2) is 31.3 Å². The number of hydrogen-bond acceptors (Lipinski definition) is 2. The summed E-state index contributed by atoms with van der Waals surface area (Å²) in [6.45, 7) is 3.44. The van der Waals surface area contributed by atoms with E-state index in [-0.39, 0.29) is 5.57 Å². The highest BCUT2D eigenvalue weighted by molar-refractivity contribution is 5.86. The smallest absolute Gasteiger partial charge is 0.333 e. The van der Waals surface area contributed by atoms with Crippen molar-refractivity contribution in [3.05, 3.63) is 12.2 Å². The van der Waals surface area contributed by atoms with E-state index in [9.17, 15) is 22.4 Å². The maximum Gasteiger partial charge on any atom is 0.333 e. The van der Waals surface area contributed by atoms with E-state index < -0.39 is 31.3 Å². The van der Waals surface area contributed by atoms with E-state index in [1.807, 2.05) is 0 Å². The Hall–Kier alpha value is -1.07. The summed E-state index contributed by atoms with van der Waals surface area (Å²) in [4.78, 5) is 10.6. The molecule has 0 aliphatic rings. The molecule has 2 atom stereocenters. The third kappa shape index (κ3) is 4.25. The molecule has 0 radical (unpaired) electrons. The molecule has 0 aromatic carbocycles. The molecule has 2 unspecified atom stereocenters. The molecule has 0 spiro atoms. The van der Waals surface area contributed by atoms with Gasteiger partial charge in [0.15, 0.2) is 12.3 Å². The van der Waals surface area contributed by atoms with E-state index in [1.54, 1.807) is 0 Å². The van der Waals surface area contributed by atoms with Crippen LogP contribution in [0.3, 0.4) is 0 Å². The van der Waals surface area contributed by atoms with Crippen LogP contribution in [0.2, 0.25) is 0 Å². The predicted octanol–water partition coefficient (Wildman–Crippen LogP) is 2.05. The Labute approximate surface area is 78.5 Å². The van der Waals surface area contributed by atoms with Crippen molar-refractivity contribution >= 4 is 5.97 Å². The van der Waals surface area contributed by atoms with E-state index in [1.165, 1.54) is 6.92 Å². The normalized spacial score (nSPS) is 15.0. The molecule has 0 N–H and O–H groups in total. The second kappa shape index (κ2) is 5.62. The maximum atomic E-state index is 12.5. The summed E-state index contributed by atoms with van der Waals surface area (Å²) in [6.07, 6.45) is -8.88. The number of hydrogen-bond donors (Lipinski definition) is 0. The zero-order chi connectivity index (χ0) is 11.3. The number of halogens is 4. The Balaban J connectivity index is 3.90. The van der Waals surface area contributed by atoms with Crippen LogP contribution < -0.4 is 0 Å². The lowest BCUT2D eigenvalue weighted by molar-refractivity contribution is -0.142. The molecular formula is C8H10F4O2. The molecule has 0 heterocycles. The minimum atomic E-state index is -3.42. The molecule has 0 aliphatic heterocycles. The number of alkyl halides is 4. The number of rotatable bonds is 5. The van der Waals surface area contributed by atoms with E-state index in [0.29, 0.717) is 0 Å². The average Bonchev–Trinajstić information content (AvgIpc) is 2.11. The van der Waals surface area contributed by atoms with Gasteiger partial charge in [0.1, 0.15) is 6.61 Å². The lowest BCUT2D eigenvalue weighted by Gasteiger charge is -2.12. The lowest BCUT2D eigenvalue weighted by Crippen LogP contribution is -2.30. The number of carbonyl (C=O) groups excluding carboxylic acids is 1. The van der Waals surface area contributed by atoms with Crippen LogP contribution >= 0.6 is 0 Å². The quantitative estimate of drug-likeness (QED) is 0.397. The van der Waals surface area contributed by atoms with Gasteiger partial charge < -0.3 is 4.74 Å². The van der Waals surface area contributed by atoms with Crippen LogP contribution in [0.1, 0.15) is 6.92 Å². The van der Waals surface area contributed by atoms with Gasteiger partial charge in [-0.25, -0.2) is 22.4 Å². The highest BCUT2D eigenvalue weighted by Crippen LogP contribution is 2.13. The first-order valence-electron chi connectivity index (χ1n) is 3.75. The SMILES string of the molecule is C=C(C)C(=O)OCC(F)C(F)C(F)F. The van der Waals surface area contributed by atoms with Gasteiger partial charge in [0.2, 0.25) is 0 Å². The third-order valence-corrected chi connectivity index (χ3v) is 1.31. The summed E-state index contributed by atoms with van der Waals surface area (Å²) in [5.41, 5.74) is -0.00958. The minimum absolute atomic E-state index is 0.00958. The molecule has 0 amide bonds. The van der Waals surface area contributed by atoms with Crippen molar-refractivity contribution in [2.75, 3.05) is 6.61 Å². The molecule has 0 saturated carbocycles. The van der Waals surface area contributed by atoms with Gasteiger partial charge in [-0.2, -0.15) is 0 Å². The van der Waals surface area contributed by atoms with Gasteiger partial charge >= 0.3 is 5.97 Å². The first-order valence-corrected chi connectivity index (χ1v) is 3.75. The standard InChI is InChI=1S/C8H10F4O2/c1-4(2)8(13)14-3-5(9)6(10)7(11)12/h5-7H,1,3H2,2H3. The van der Waals surface area contributed by atoms with E-state index >= 15 is 0 Å². The Bertz CT molecular complexity index is 217. The number of carbonyl (C=O) groups is 1. The molecule has 6 heteroatoms. The third-order valence-electron chi connectivity index (χ3n) is 1.31. The summed E-state index contributed by atoms with van der Waals surface area (Å²) in [5.74, 6) is -0.936. The molecule has 82 valence electrons. The number of ether oxygens (including phenoxy) is 1. The summed E-state index contributed by atoms with van der Waals surface area (Å²) < 4.78 is 52.1. The molecule has 0 rings (SSSR count). The van der Waals surface area contributed by atoms with Crippen LogP contribution in [0.4, 0.5) is 17.6 Å². The molecule has 0 aromatic rings. The van der Waals surface area contributed by atoms with E-state index in [2.05, 4.69) is 11.3 Å². The molecule has 0 aliphatic carbocycles. The highest BCUT2D eigenvalue weighted by atomic mass is 19.3. The van der Waals surface area contributed by atoms with Gasteiger partial charge in [-0.3, -0.25) is 0 Å². The van der Waals surface area contributed by atoms with Crippen LogP contribution in [0.15, 0.2) is 12.2 Å². The minimum Gasteiger partial charge on any atom is -0.459 e. The zero-order valence-electron chi connectivity index (χ0n) is 7.47. The fraction of sp³-hybridized carbons (Fsp3) is 0.625. The summed E-state index contributed by atoms with van der Waals surface area (Å²) in [7, 11) is 0. The van der Waals surface area contributed by atoms with Gasteiger partial charge in [0, 0.05) is 5.57 Å². The summed E-state index contributed by atoms with van der Waals surface area (Å²) in [5, 5.41) is 0. The molecule has 2 nitrogen and oxygen atoms in total. The van der Waals surface area contributed by atoms with Gasteiger partial charge in [-0.1, -0.05) is 6.58 Å². The molecule has 0 fully saturated rings. The summed E-state index contributed by atoms with van der Waals surface area (Å²) in [6, 6.07) is 0. The largest absolute Gasteiger partial charge is 0.459 e. The predicted molar refractivity (Wildman–Crippen MR) is 41.6 cm³/mol. The van der Waals surface area contributed by atoms with Crippen molar-refractivity contribution in [3.8, 4) is 0 Å². The maximum absolute atomic E-state index is 12.5. The molecule has 0 saturated heterocycles. The molecular weight excluding hydrogens is 204 g/mol. The van der Waals surface area contributed by atoms with Gasteiger partial charge in [0.25, 0.3) is 6.43 Å². The molecule has 0 bridgehead atoms.